The molecule has 0 unspecified atom stereocenters. The molecule has 0 amide bonds. The first-order valence-electron chi connectivity index (χ1n) is 6.88. The lowest BCUT2D eigenvalue weighted by atomic mass is 10.1. The van der Waals surface area contributed by atoms with Crippen molar-refractivity contribution in [2.24, 2.45) is 0 Å². The Labute approximate surface area is 141 Å². The van der Waals surface area contributed by atoms with Crippen LogP contribution in [0.3, 0.4) is 0 Å². The minimum Gasteiger partial charge on any atom is -0.454 e. The van der Waals surface area contributed by atoms with Gasteiger partial charge >= 0.3 is 5.97 Å². The molecule has 2 heterocycles. The first-order chi connectivity index (χ1) is 11.1. The zero-order valence-corrected chi connectivity index (χ0v) is 13.8. The predicted molar refractivity (Wildman–Crippen MR) is 91.9 cm³/mol. The van der Waals surface area contributed by atoms with E-state index in [0.717, 1.165) is 11.5 Å². The standard InChI is InChI=1S/C14H15N5O2S2/c15-13-17-10(18-14(16)19-13)7-21-11(20)8-1-3-9(4-2-8)12-22-5-6-23-12/h1-4,12H,5-7H2,(H4,15,16,17,18,19). The molecule has 1 fully saturated rings. The lowest BCUT2D eigenvalue weighted by molar-refractivity contribution is 0.0462. The van der Waals surface area contributed by atoms with Crippen molar-refractivity contribution in [2.75, 3.05) is 23.0 Å². The van der Waals surface area contributed by atoms with Crippen LogP contribution >= 0.6 is 23.5 Å². The number of hydrogen-bond acceptors (Lipinski definition) is 9. The summed E-state index contributed by atoms with van der Waals surface area (Å²) in [5, 5.41) is 0. The van der Waals surface area contributed by atoms with Gasteiger partial charge in [-0.3, -0.25) is 0 Å². The average molecular weight is 349 g/mol. The number of carbonyl (C=O) groups is 1. The van der Waals surface area contributed by atoms with E-state index in [2.05, 4.69) is 15.0 Å². The third-order valence-corrected chi connectivity index (χ3v) is 6.19. The normalized spacial score (nSPS) is 14.8. The van der Waals surface area contributed by atoms with E-state index >= 15 is 0 Å². The number of nitrogens with two attached hydrogens (primary N) is 2. The summed E-state index contributed by atoms with van der Waals surface area (Å²) >= 11 is 3.84. The molecule has 2 aromatic rings. The summed E-state index contributed by atoms with van der Waals surface area (Å²) in [5.74, 6) is 2.10. The van der Waals surface area contributed by atoms with Gasteiger partial charge in [0, 0.05) is 11.5 Å². The van der Waals surface area contributed by atoms with Crippen LogP contribution in [-0.4, -0.2) is 32.4 Å². The molecule has 0 spiro atoms. The molecule has 1 aliphatic rings. The Morgan fingerprint density at radius 1 is 1.09 bits per heavy atom. The number of thioether (sulfide) groups is 2. The fraction of sp³-hybridized carbons (Fsp3) is 0.286. The Morgan fingerprint density at radius 2 is 1.70 bits per heavy atom. The average Bonchev–Trinajstić information content (AvgIpc) is 3.06. The van der Waals surface area contributed by atoms with Crippen LogP contribution in [0.5, 0.6) is 0 Å². The molecule has 3 rings (SSSR count). The van der Waals surface area contributed by atoms with Gasteiger partial charge in [-0.2, -0.15) is 15.0 Å². The summed E-state index contributed by atoms with van der Waals surface area (Å²) in [6, 6.07) is 7.47. The number of anilines is 2. The van der Waals surface area contributed by atoms with Crippen molar-refractivity contribution in [1.82, 2.24) is 15.0 Å². The van der Waals surface area contributed by atoms with Crippen LogP contribution in [0.4, 0.5) is 11.9 Å². The lowest BCUT2D eigenvalue weighted by Gasteiger charge is -2.09. The van der Waals surface area contributed by atoms with E-state index in [0.29, 0.717) is 10.1 Å². The maximum atomic E-state index is 12.1. The van der Waals surface area contributed by atoms with Crippen LogP contribution in [0.25, 0.3) is 0 Å². The Morgan fingerprint density at radius 3 is 2.30 bits per heavy atom. The van der Waals surface area contributed by atoms with Crippen LogP contribution in [0.2, 0.25) is 0 Å². The highest BCUT2D eigenvalue weighted by atomic mass is 32.2. The number of nitrogen functional groups attached to an aromatic ring is 2. The van der Waals surface area contributed by atoms with E-state index in [-0.39, 0.29) is 24.3 Å². The van der Waals surface area contributed by atoms with Crippen LogP contribution in [0, 0.1) is 0 Å². The summed E-state index contributed by atoms with van der Waals surface area (Å²) in [4.78, 5) is 23.4. The summed E-state index contributed by atoms with van der Waals surface area (Å²) in [6.45, 7) is -0.105. The van der Waals surface area contributed by atoms with Crippen molar-refractivity contribution >= 4 is 41.4 Å². The Balaban J connectivity index is 1.61. The van der Waals surface area contributed by atoms with Gasteiger partial charge in [0.15, 0.2) is 12.4 Å². The van der Waals surface area contributed by atoms with Gasteiger partial charge in [0.2, 0.25) is 11.9 Å². The minimum atomic E-state index is -0.444. The van der Waals surface area contributed by atoms with E-state index in [1.807, 2.05) is 35.7 Å². The number of esters is 1. The lowest BCUT2D eigenvalue weighted by Crippen LogP contribution is -2.11. The number of benzene rings is 1. The van der Waals surface area contributed by atoms with Gasteiger partial charge in [-0.15, -0.1) is 23.5 Å². The van der Waals surface area contributed by atoms with Crippen molar-refractivity contribution < 1.29 is 9.53 Å². The second-order valence-electron chi connectivity index (χ2n) is 4.74. The summed E-state index contributed by atoms with van der Waals surface area (Å²) in [5.41, 5.74) is 12.6. The molecule has 4 N–H and O–H groups in total. The van der Waals surface area contributed by atoms with Gasteiger partial charge in [-0.05, 0) is 17.7 Å². The van der Waals surface area contributed by atoms with Crippen molar-refractivity contribution in [3.8, 4) is 0 Å². The van der Waals surface area contributed by atoms with E-state index in [1.165, 1.54) is 5.56 Å². The summed E-state index contributed by atoms with van der Waals surface area (Å²) in [6.07, 6.45) is 0. The van der Waals surface area contributed by atoms with Crippen LogP contribution < -0.4 is 11.5 Å². The molecule has 9 heteroatoms. The predicted octanol–water partition coefficient (Wildman–Crippen LogP) is 1.87. The highest BCUT2D eigenvalue weighted by Crippen LogP contribution is 2.45. The Kier molecular flexibility index (Phi) is 4.87. The fourth-order valence-electron chi connectivity index (χ4n) is 2.06. The number of nitrogens with zero attached hydrogens (tertiary/aromatic N) is 3. The van der Waals surface area contributed by atoms with Gasteiger partial charge in [0.05, 0.1) is 10.1 Å². The first kappa shape index (κ1) is 15.9. The number of ether oxygens (including phenoxy) is 1. The quantitative estimate of drug-likeness (QED) is 0.797. The number of rotatable bonds is 4. The molecule has 120 valence electrons. The molecular formula is C14H15N5O2S2. The van der Waals surface area contributed by atoms with Gasteiger partial charge < -0.3 is 16.2 Å². The Bertz CT molecular complexity index is 685. The largest absolute Gasteiger partial charge is 0.454 e. The fourth-order valence-corrected chi connectivity index (χ4v) is 4.92. The number of hydrogen-bond donors (Lipinski definition) is 2. The van der Waals surface area contributed by atoms with Gasteiger partial charge in [0.1, 0.15) is 0 Å². The SMILES string of the molecule is Nc1nc(N)nc(COC(=O)c2ccc(C3SCCS3)cc2)n1. The summed E-state index contributed by atoms with van der Waals surface area (Å²) in [7, 11) is 0. The zero-order chi connectivity index (χ0) is 16.2. The smallest absolute Gasteiger partial charge is 0.338 e. The van der Waals surface area contributed by atoms with E-state index < -0.39 is 5.97 Å². The maximum absolute atomic E-state index is 12.1. The molecular weight excluding hydrogens is 334 g/mol. The van der Waals surface area contributed by atoms with E-state index in [4.69, 9.17) is 16.2 Å². The molecule has 0 bridgehead atoms. The first-order valence-corrected chi connectivity index (χ1v) is 8.98. The molecule has 1 saturated heterocycles. The number of aromatic nitrogens is 3. The van der Waals surface area contributed by atoms with Gasteiger partial charge in [-0.1, -0.05) is 12.1 Å². The van der Waals surface area contributed by atoms with E-state index in [1.54, 1.807) is 12.1 Å². The topological polar surface area (TPSA) is 117 Å². The molecule has 1 aliphatic heterocycles. The van der Waals surface area contributed by atoms with Crippen molar-refractivity contribution in [1.29, 1.82) is 0 Å². The minimum absolute atomic E-state index is 0.000495. The second kappa shape index (κ2) is 7.05. The van der Waals surface area contributed by atoms with Crippen LogP contribution in [-0.2, 0) is 11.3 Å². The van der Waals surface area contributed by atoms with Crippen molar-refractivity contribution in [2.45, 2.75) is 11.2 Å². The van der Waals surface area contributed by atoms with Crippen molar-refractivity contribution in [3.63, 3.8) is 0 Å². The zero-order valence-electron chi connectivity index (χ0n) is 12.1. The van der Waals surface area contributed by atoms with Gasteiger partial charge in [-0.25, -0.2) is 4.79 Å². The highest BCUT2D eigenvalue weighted by Gasteiger charge is 2.18. The third kappa shape index (κ3) is 4.05. The molecule has 0 radical (unpaired) electrons. The monoisotopic (exact) mass is 349 g/mol. The molecule has 1 aromatic heterocycles. The second-order valence-corrected chi connectivity index (χ2v) is 7.46. The molecule has 0 atom stereocenters. The third-order valence-electron chi connectivity index (χ3n) is 3.09. The maximum Gasteiger partial charge on any atom is 0.338 e. The molecule has 1 aromatic carbocycles. The van der Waals surface area contributed by atoms with Crippen molar-refractivity contribution in [3.05, 3.63) is 41.2 Å². The van der Waals surface area contributed by atoms with Gasteiger partial charge in [0.25, 0.3) is 0 Å². The number of carbonyl (C=O) groups excluding carboxylic acids is 1. The summed E-state index contributed by atoms with van der Waals surface area (Å²) < 4.78 is 5.63. The molecule has 0 saturated carbocycles. The Hall–Kier alpha value is -2.00. The molecule has 23 heavy (non-hydrogen) atoms. The van der Waals surface area contributed by atoms with Crippen LogP contribution in [0.15, 0.2) is 24.3 Å². The highest BCUT2D eigenvalue weighted by molar-refractivity contribution is 8.19. The molecule has 7 nitrogen and oxygen atoms in total. The molecule has 0 aliphatic carbocycles. The van der Waals surface area contributed by atoms with Crippen LogP contribution in [0.1, 0.15) is 26.3 Å². The van der Waals surface area contributed by atoms with E-state index in [9.17, 15) is 4.79 Å².